The third kappa shape index (κ3) is 31.2. The highest BCUT2D eigenvalue weighted by molar-refractivity contribution is 5.88. The first-order chi connectivity index (χ1) is 31.6. The number of ether oxygens (including phenoxy) is 5. The molecule has 0 aromatic heterocycles. The molecule has 372 valence electrons. The number of carboxylic acids is 4. The number of aromatic carboxylic acids is 1. The number of unbranched alkanes of at least 4 members (excludes halogenated alkanes) is 6. The summed E-state index contributed by atoms with van der Waals surface area (Å²) in [6.45, 7) is 2.44. The zero-order valence-electron chi connectivity index (χ0n) is 37.7. The zero-order valence-corrected chi connectivity index (χ0v) is 37.7. The minimum atomic E-state index is -1.29. The fourth-order valence-electron chi connectivity index (χ4n) is 5.90. The summed E-state index contributed by atoms with van der Waals surface area (Å²) in [5, 5.41) is 47.1. The molecule has 4 amide bonds. The SMILES string of the molecule is CC(=O)CC[C@H](NC(=O)CCC(COCCOCCNC(=O)COCCOCCNC(=O)CC[C@H](NC(=O)CCCCCCCCCOc1ccc(C(=O)O)cc1)C(=O)O)C(=O)O)C(=O)O. The van der Waals surface area contributed by atoms with Gasteiger partial charge in [-0.15, -0.1) is 0 Å². The largest absolute Gasteiger partial charge is 0.494 e. The summed E-state index contributed by atoms with van der Waals surface area (Å²) in [7, 11) is 0. The minimum Gasteiger partial charge on any atom is -0.494 e. The number of carbonyl (C=O) groups is 9. The van der Waals surface area contributed by atoms with Crippen LogP contribution in [0.1, 0.15) is 107 Å². The number of nitrogens with one attached hydrogen (secondary N) is 4. The summed E-state index contributed by atoms with van der Waals surface area (Å²) in [5.41, 5.74) is 0.205. The molecule has 66 heavy (non-hydrogen) atoms. The maximum atomic E-state index is 12.3. The highest BCUT2D eigenvalue weighted by Gasteiger charge is 2.24. The molecule has 0 fully saturated rings. The molecule has 22 heteroatoms. The highest BCUT2D eigenvalue weighted by atomic mass is 16.5. The topological polar surface area (TPSA) is 329 Å². The van der Waals surface area contributed by atoms with Crippen molar-refractivity contribution >= 4 is 53.3 Å². The lowest BCUT2D eigenvalue weighted by molar-refractivity contribution is -0.145. The maximum absolute atomic E-state index is 12.3. The molecule has 1 aromatic carbocycles. The molecule has 0 heterocycles. The van der Waals surface area contributed by atoms with Gasteiger partial charge in [0.2, 0.25) is 23.6 Å². The summed E-state index contributed by atoms with van der Waals surface area (Å²) in [5.74, 6) is -7.13. The second-order valence-electron chi connectivity index (χ2n) is 15.2. The fraction of sp³-hybridized carbons (Fsp3) is 0.659. The van der Waals surface area contributed by atoms with E-state index < -0.39 is 59.6 Å². The molecular formula is C44H68N4O18. The first kappa shape index (κ1) is 58.3. The van der Waals surface area contributed by atoms with Crippen molar-refractivity contribution in [3.05, 3.63) is 29.8 Å². The minimum absolute atomic E-state index is 0.0181. The van der Waals surface area contributed by atoms with Crippen LogP contribution in [0.4, 0.5) is 0 Å². The van der Waals surface area contributed by atoms with Crippen LogP contribution in [0, 0.1) is 5.92 Å². The van der Waals surface area contributed by atoms with Crippen molar-refractivity contribution in [2.24, 2.45) is 5.92 Å². The third-order valence-corrected chi connectivity index (χ3v) is 9.63. The van der Waals surface area contributed by atoms with Gasteiger partial charge in [-0.25, -0.2) is 14.4 Å². The highest BCUT2D eigenvalue weighted by Crippen LogP contribution is 2.14. The summed E-state index contributed by atoms with van der Waals surface area (Å²) < 4.78 is 26.9. The van der Waals surface area contributed by atoms with Crippen molar-refractivity contribution in [3.8, 4) is 5.75 Å². The lowest BCUT2D eigenvalue weighted by Crippen LogP contribution is -2.41. The number of amides is 4. The molecule has 0 radical (unpaired) electrons. The lowest BCUT2D eigenvalue weighted by atomic mass is 10.0. The molecule has 22 nitrogen and oxygen atoms in total. The Labute approximate surface area is 384 Å². The van der Waals surface area contributed by atoms with E-state index >= 15 is 0 Å². The Bertz CT molecular complexity index is 1640. The van der Waals surface area contributed by atoms with Crippen LogP contribution in [-0.4, -0.2) is 158 Å². The molecule has 1 aromatic rings. The van der Waals surface area contributed by atoms with E-state index in [1.165, 1.54) is 19.1 Å². The molecule has 0 spiro atoms. The number of carboxylic acid groups (broad SMARTS) is 4. The van der Waals surface area contributed by atoms with Crippen LogP contribution >= 0.6 is 0 Å². The molecule has 1 unspecified atom stereocenters. The Morgan fingerprint density at radius 1 is 0.500 bits per heavy atom. The van der Waals surface area contributed by atoms with Crippen molar-refractivity contribution in [1.82, 2.24) is 21.3 Å². The Balaban J connectivity index is 2.01. The monoisotopic (exact) mass is 940 g/mol. The summed E-state index contributed by atoms with van der Waals surface area (Å²) in [4.78, 5) is 105. The second-order valence-corrected chi connectivity index (χ2v) is 15.2. The zero-order chi connectivity index (χ0) is 49.0. The van der Waals surface area contributed by atoms with Gasteiger partial charge >= 0.3 is 23.9 Å². The van der Waals surface area contributed by atoms with E-state index in [-0.39, 0.29) is 128 Å². The Morgan fingerprint density at radius 3 is 1.56 bits per heavy atom. The van der Waals surface area contributed by atoms with Crippen LogP contribution in [0.3, 0.4) is 0 Å². The predicted octanol–water partition coefficient (Wildman–Crippen LogP) is 1.95. The quantitative estimate of drug-likeness (QED) is 0.0434. The van der Waals surface area contributed by atoms with Gasteiger partial charge in [-0.2, -0.15) is 0 Å². The summed E-state index contributed by atoms with van der Waals surface area (Å²) in [6.07, 6.45) is 5.79. The molecule has 0 bridgehead atoms. The number of Topliss-reactive ketones (excluding diaryl/α,β-unsaturated/α-hetero) is 1. The van der Waals surface area contributed by atoms with Gasteiger partial charge in [0.1, 0.15) is 30.2 Å². The fourth-order valence-corrected chi connectivity index (χ4v) is 5.90. The Morgan fingerprint density at radius 2 is 1.00 bits per heavy atom. The molecule has 0 aliphatic heterocycles. The average molecular weight is 941 g/mol. The van der Waals surface area contributed by atoms with E-state index in [9.17, 15) is 58.5 Å². The average Bonchev–Trinajstić information content (AvgIpc) is 3.26. The number of carbonyl (C=O) groups excluding carboxylic acids is 5. The van der Waals surface area contributed by atoms with Gasteiger partial charge in [0.15, 0.2) is 0 Å². The molecule has 0 saturated carbocycles. The van der Waals surface area contributed by atoms with Gasteiger partial charge in [0.25, 0.3) is 0 Å². The van der Waals surface area contributed by atoms with Gasteiger partial charge in [0.05, 0.1) is 64.3 Å². The molecule has 8 N–H and O–H groups in total. The van der Waals surface area contributed by atoms with Crippen molar-refractivity contribution in [2.45, 2.75) is 109 Å². The maximum Gasteiger partial charge on any atom is 0.335 e. The van der Waals surface area contributed by atoms with Gasteiger partial charge in [-0.1, -0.05) is 32.1 Å². The predicted molar refractivity (Wildman–Crippen MR) is 234 cm³/mol. The summed E-state index contributed by atoms with van der Waals surface area (Å²) >= 11 is 0. The number of aliphatic carboxylic acids is 3. The van der Waals surface area contributed by atoms with Crippen LogP contribution in [0.15, 0.2) is 24.3 Å². The number of benzene rings is 1. The number of hydrogen-bond donors (Lipinski definition) is 8. The van der Waals surface area contributed by atoms with Gasteiger partial charge in [-0.05, 0) is 63.3 Å². The van der Waals surface area contributed by atoms with E-state index in [0.717, 1.165) is 38.5 Å². The number of ketones is 1. The van der Waals surface area contributed by atoms with Crippen LogP contribution in [-0.2, 0) is 57.3 Å². The second kappa shape index (κ2) is 36.5. The first-order valence-electron chi connectivity index (χ1n) is 22.2. The molecule has 3 atom stereocenters. The molecule has 0 aliphatic rings. The standard InChI is InChI=1S/C44H68N4O18/c1-31(49)10-16-35(43(58)59)48-39(52)18-13-33(42(56)57)29-64-27-25-63-24-21-46-40(53)30-65-28-26-62-23-20-45-37(50)19-17-36(44(60)61)47-38(51)9-7-5-3-2-4-6-8-22-66-34-14-11-32(12-15-34)41(54)55/h11-12,14-15,33,35-36H,2-10,13,16-30H2,1H3,(H,45,50)(H,46,53)(H,47,51)(H,48,52)(H,54,55)(H,56,57)(H,58,59)(H,60,61)/t33?,35-,36-/m0/s1. The van der Waals surface area contributed by atoms with E-state index in [1.54, 1.807) is 12.1 Å². The Hall–Kier alpha value is -5.71. The molecule has 1 rings (SSSR count). The van der Waals surface area contributed by atoms with E-state index in [2.05, 4.69) is 21.3 Å². The van der Waals surface area contributed by atoms with Crippen LogP contribution in [0.5, 0.6) is 5.75 Å². The number of rotatable bonds is 42. The van der Waals surface area contributed by atoms with E-state index in [1.807, 2.05) is 0 Å². The smallest absolute Gasteiger partial charge is 0.335 e. The third-order valence-electron chi connectivity index (χ3n) is 9.63. The Kier molecular flexibility index (Phi) is 32.2. The molecule has 0 saturated heterocycles. The van der Waals surface area contributed by atoms with Crippen LogP contribution in [0.25, 0.3) is 0 Å². The van der Waals surface area contributed by atoms with Crippen LogP contribution in [0.2, 0.25) is 0 Å². The summed E-state index contributed by atoms with van der Waals surface area (Å²) in [6, 6.07) is 3.82. The van der Waals surface area contributed by atoms with E-state index in [4.69, 9.17) is 28.8 Å². The normalized spacial score (nSPS) is 12.3. The van der Waals surface area contributed by atoms with Gasteiger partial charge < -0.3 is 70.2 Å². The van der Waals surface area contributed by atoms with E-state index in [0.29, 0.717) is 18.8 Å². The van der Waals surface area contributed by atoms with Crippen LogP contribution < -0.4 is 26.0 Å². The van der Waals surface area contributed by atoms with Crippen molar-refractivity contribution in [3.63, 3.8) is 0 Å². The molecular weight excluding hydrogens is 872 g/mol. The number of hydrogen-bond acceptors (Lipinski definition) is 14. The lowest BCUT2D eigenvalue weighted by Gasteiger charge is -2.16. The van der Waals surface area contributed by atoms with Gasteiger partial charge in [-0.3, -0.25) is 24.0 Å². The van der Waals surface area contributed by atoms with Crippen molar-refractivity contribution in [2.75, 3.05) is 72.6 Å². The van der Waals surface area contributed by atoms with Crippen molar-refractivity contribution in [1.29, 1.82) is 0 Å². The molecule has 0 aliphatic carbocycles. The van der Waals surface area contributed by atoms with Gasteiger partial charge in [0, 0.05) is 38.8 Å². The first-order valence-corrected chi connectivity index (χ1v) is 22.2. The van der Waals surface area contributed by atoms with Crippen molar-refractivity contribution < 1.29 is 87.3 Å².